The highest BCUT2D eigenvalue weighted by atomic mass is 16.6. The van der Waals surface area contributed by atoms with E-state index in [2.05, 4.69) is 0 Å². The van der Waals surface area contributed by atoms with E-state index in [1.54, 1.807) is 12.1 Å². The van der Waals surface area contributed by atoms with E-state index in [4.69, 9.17) is 5.73 Å². The molecule has 0 heterocycles. The second-order valence-corrected chi connectivity index (χ2v) is 4.11. The van der Waals surface area contributed by atoms with Gasteiger partial charge in [-0.2, -0.15) is 0 Å². The largest absolute Gasteiger partial charge is 0.325 e. The van der Waals surface area contributed by atoms with Gasteiger partial charge in [0.1, 0.15) is 0 Å². The maximum Gasteiger partial charge on any atom is 0.269 e. The highest BCUT2D eigenvalue weighted by Crippen LogP contribution is 2.18. The van der Waals surface area contributed by atoms with Crippen molar-refractivity contribution in [1.29, 1.82) is 0 Å². The van der Waals surface area contributed by atoms with Gasteiger partial charge in [0.25, 0.3) is 5.69 Å². The molecule has 1 aromatic rings. The van der Waals surface area contributed by atoms with Gasteiger partial charge in [-0.3, -0.25) is 10.1 Å². The fourth-order valence-electron chi connectivity index (χ4n) is 1.37. The first kappa shape index (κ1) is 11.7. The van der Waals surface area contributed by atoms with Crippen molar-refractivity contribution in [1.82, 2.24) is 0 Å². The van der Waals surface area contributed by atoms with Crippen LogP contribution in [-0.2, 0) is 6.42 Å². The number of non-ortho nitro benzene ring substituents is 1. The van der Waals surface area contributed by atoms with Gasteiger partial charge < -0.3 is 5.73 Å². The summed E-state index contributed by atoms with van der Waals surface area (Å²) in [5.74, 6) is 0. The Labute approximate surface area is 89.2 Å². The van der Waals surface area contributed by atoms with E-state index in [0.717, 1.165) is 12.0 Å². The highest BCUT2D eigenvalue weighted by molar-refractivity contribution is 5.34. The van der Waals surface area contributed by atoms with Crippen LogP contribution < -0.4 is 5.73 Å². The second-order valence-electron chi connectivity index (χ2n) is 4.11. The fraction of sp³-hybridized carbons (Fsp3) is 0.455. The maximum absolute atomic E-state index is 10.6. The number of hydrogen-bond donors (Lipinski definition) is 1. The number of nitrogens with two attached hydrogens (primary N) is 1. The first-order chi connectivity index (χ1) is 6.94. The van der Waals surface area contributed by atoms with Gasteiger partial charge in [0.15, 0.2) is 0 Å². The van der Waals surface area contributed by atoms with Crippen LogP contribution in [0.3, 0.4) is 0 Å². The summed E-state index contributed by atoms with van der Waals surface area (Å²) >= 11 is 0. The lowest BCUT2D eigenvalue weighted by Gasteiger charge is -2.22. The molecule has 0 radical (unpaired) electrons. The van der Waals surface area contributed by atoms with Gasteiger partial charge in [-0.15, -0.1) is 0 Å². The Morgan fingerprint density at radius 1 is 1.53 bits per heavy atom. The van der Waals surface area contributed by atoms with Crippen molar-refractivity contribution in [2.45, 2.75) is 32.2 Å². The van der Waals surface area contributed by atoms with Gasteiger partial charge in [-0.05, 0) is 25.3 Å². The zero-order valence-electron chi connectivity index (χ0n) is 9.06. The van der Waals surface area contributed by atoms with E-state index in [-0.39, 0.29) is 16.1 Å². The molecule has 0 saturated heterocycles. The fourth-order valence-corrected chi connectivity index (χ4v) is 1.37. The van der Waals surface area contributed by atoms with Crippen LogP contribution in [0.1, 0.15) is 25.8 Å². The van der Waals surface area contributed by atoms with Crippen molar-refractivity contribution in [2.24, 2.45) is 5.73 Å². The molecule has 0 fully saturated rings. The van der Waals surface area contributed by atoms with Crippen molar-refractivity contribution in [3.63, 3.8) is 0 Å². The molecule has 0 aliphatic rings. The number of hydrogen-bond acceptors (Lipinski definition) is 3. The smallest absolute Gasteiger partial charge is 0.269 e. The second kappa shape index (κ2) is 4.40. The van der Waals surface area contributed by atoms with E-state index in [1.807, 2.05) is 19.9 Å². The van der Waals surface area contributed by atoms with Crippen LogP contribution in [0.15, 0.2) is 24.3 Å². The van der Waals surface area contributed by atoms with Gasteiger partial charge in [0.05, 0.1) is 4.92 Å². The number of benzene rings is 1. The first-order valence-electron chi connectivity index (χ1n) is 4.97. The molecule has 0 aliphatic heterocycles. The molecule has 1 rings (SSSR count). The number of rotatable bonds is 4. The minimum Gasteiger partial charge on any atom is -0.325 e. The van der Waals surface area contributed by atoms with Crippen molar-refractivity contribution >= 4 is 5.69 Å². The lowest BCUT2D eigenvalue weighted by Crippen LogP contribution is -2.37. The van der Waals surface area contributed by atoms with Crippen molar-refractivity contribution in [3.05, 3.63) is 39.9 Å². The molecule has 4 nitrogen and oxygen atoms in total. The standard InChI is InChI=1S/C11H16N2O2/c1-3-11(2,12)8-9-5-4-6-10(7-9)13(14)15/h4-7H,3,8,12H2,1-2H3. The Morgan fingerprint density at radius 3 is 2.73 bits per heavy atom. The molecule has 0 bridgehead atoms. The normalized spacial score (nSPS) is 14.6. The third-order valence-corrected chi connectivity index (χ3v) is 2.54. The predicted molar refractivity (Wildman–Crippen MR) is 59.7 cm³/mol. The van der Waals surface area contributed by atoms with Crippen LogP contribution in [0.25, 0.3) is 0 Å². The van der Waals surface area contributed by atoms with E-state index in [9.17, 15) is 10.1 Å². The Bertz CT molecular complexity index is 361. The molecule has 15 heavy (non-hydrogen) atoms. The topological polar surface area (TPSA) is 69.2 Å². The molecule has 1 aromatic carbocycles. The van der Waals surface area contributed by atoms with Crippen LogP contribution in [-0.4, -0.2) is 10.5 Å². The van der Waals surface area contributed by atoms with Crippen LogP contribution in [0.2, 0.25) is 0 Å². The van der Waals surface area contributed by atoms with Crippen LogP contribution in [0.4, 0.5) is 5.69 Å². The molecule has 4 heteroatoms. The van der Waals surface area contributed by atoms with Gasteiger partial charge in [0.2, 0.25) is 0 Å². The van der Waals surface area contributed by atoms with Gasteiger partial charge in [-0.25, -0.2) is 0 Å². The van der Waals surface area contributed by atoms with Crippen LogP contribution in [0, 0.1) is 10.1 Å². The molecule has 1 atom stereocenters. The lowest BCUT2D eigenvalue weighted by molar-refractivity contribution is -0.384. The summed E-state index contributed by atoms with van der Waals surface area (Å²) in [5, 5.41) is 10.6. The Kier molecular flexibility index (Phi) is 3.42. The Balaban J connectivity index is 2.87. The highest BCUT2D eigenvalue weighted by Gasteiger charge is 2.17. The van der Waals surface area contributed by atoms with E-state index < -0.39 is 0 Å². The summed E-state index contributed by atoms with van der Waals surface area (Å²) < 4.78 is 0. The molecule has 2 N–H and O–H groups in total. The van der Waals surface area contributed by atoms with Gasteiger partial charge >= 0.3 is 0 Å². The Hall–Kier alpha value is -1.42. The lowest BCUT2D eigenvalue weighted by atomic mass is 9.91. The quantitative estimate of drug-likeness (QED) is 0.609. The monoisotopic (exact) mass is 208 g/mol. The Morgan fingerprint density at radius 2 is 2.20 bits per heavy atom. The summed E-state index contributed by atoms with van der Waals surface area (Å²) in [6, 6.07) is 6.64. The molecule has 0 aromatic heterocycles. The molecular weight excluding hydrogens is 192 g/mol. The molecular formula is C11H16N2O2. The third kappa shape index (κ3) is 3.32. The molecule has 0 amide bonds. The van der Waals surface area contributed by atoms with Gasteiger partial charge in [0, 0.05) is 17.7 Å². The molecule has 0 aliphatic carbocycles. The molecule has 0 saturated carbocycles. The molecule has 0 spiro atoms. The van der Waals surface area contributed by atoms with Gasteiger partial charge in [-0.1, -0.05) is 19.1 Å². The summed E-state index contributed by atoms with van der Waals surface area (Å²) in [6.07, 6.45) is 1.50. The van der Waals surface area contributed by atoms with E-state index in [0.29, 0.717) is 6.42 Å². The summed E-state index contributed by atoms with van der Waals surface area (Å²) in [6.45, 7) is 3.96. The van der Waals surface area contributed by atoms with Crippen LogP contribution in [0.5, 0.6) is 0 Å². The van der Waals surface area contributed by atoms with Crippen LogP contribution >= 0.6 is 0 Å². The summed E-state index contributed by atoms with van der Waals surface area (Å²) in [5.41, 5.74) is 6.75. The van der Waals surface area contributed by atoms with Crippen molar-refractivity contribution in [3.8, 4) is 0 Å². The summed E-state index contributed by atoms with van der Waals surface area (Å²) in [7, 11) is 0. The molecule has 1 unspecified atom stereocenters. The maximum atomic E-state index is 10.6. The zero-order chi connectivity index (χ0) is 11.5. The molecule has 82 valence electrons. The number of nitrogens with zero attached hydrogens (tertiary/aromatic N) is 1. The van der Waals surface area contributed by atoms with E-state index in [1.165, 1.54) is 6.07 Å². The SMILES string of the molecule is CCC(C)(N)Cc1cccc([N+](=O)[O-])c1. The van der Waals surface area contributed by atoms with Crippen molar-refractivity contribution < 1.29 is 4.92 Å². The van der Waals surface area contributed by atoms with Crippen molar-refractivity contribution in [2.75, 3.05) is 0 Å². The average molecular weight is 208 g/mol. The number of nitro benzene ring substituents is 1. The minimum absolute atomic E-state index is 0.124. The third-order valence-electron chi connectivity index (χ3n) is 2.54. The predicted octanol–water partition coefficient (Wildman–Crippen LogP) is 2.26. The minimum atomic E-state index is -0.386. The first-order valence-corrected chi connectivity index (χ1v) is 4.97. The zero-order valence-corrected chi connectivity index (χ0v) is 9.06. The number of nitro groups is 1. The average Bonchev–Trinajstić information content (AvgIpc) is 2.17. The summed E-state index contributed by atoms with van der Waals surface area (Å²) in [4.78, 5) is 10.2. The van der Waals surface area contributed by atoms with E-state index >= 15 is 0 Å².